The second kappa shape index (κ2) is 4.07. The molecular weight excluding hydrogens is 172 g/mol. The first kappa shape index (κ1) is 9.63. The molecule has 0 spiro atoms. The first-order valence-electron chi connectivity index (χ1n) is 5.71. The highest BCUT2D eigenvalue weighted by Gasteiger charge is 2.26. The first-order chi connectivity index (χ1) is 6.79. The van der Waals surface area contributed by atoms with Crippen LogP contribution in [0.25, 0.3) is 0 Å². The molecule has 0 atom stereocenters. The number of aromatic nitrogens is 2. The van der Waals surface area contributed by atoms with E-state index in [4.69, 9.17) is 0 Å². The third kappa shape index (κ3) is 1.79. The zero-order valence-electron chi connectivity index (χ0n) is 9.24. The number of hydrogen-bond donors (Lipinski definition) is 0. The van der Waals surface area contributed by atoms with E-state index in [1.165, 1.54) is 38.1 Å². The van der Waals surface area contributed by atoms with Crippen LogP contribution in [0.4, 0.5) is 0 Å². The fourth-order valence-corrected chi connectivity index (χ4v) is 2.24. The maximum atomic E-state index is 2.42. The molecule has 14 heavy (non-hydrogen) atoms. The maximum absolute atomic E-state index is 2.42. The van der Waals surface area contributed by atoms with Crippen LogP contribution in [-0.4, -0.2) is 0 Å². The average Bonchev–Trinajstić information content (AvgIpc) is 2.41. The average molecular weight is 192 g/mol. The van der Waals surface area contributed by atoms with Gasteiger partial charge in [0.1, 0.15) is 0 Å². The molecular formula is C12H20N2+2. The first-order valence-corrected chi connectivity index (χ1v) is 5.71. The van der Waals surface area contributed by atoms with E-state index in [2.05, 4.69) is 41.4 Å². The summed E-state index contributed by atoms with van der Waals surface area (Å²) in [6.45, 7) is 5.71. The summed E-state index contributed by atoms with van der Waals surface area (Å²) in [5.41, 5.74) is 0. The Bertz CT molecular complexity index is 318. The SMILES string of the molecule is CC(C)[n+]1ccc[n+]2c1CCCCC2. The highest BCUT2D eigenvalue weighted by atomic mass is 15.1. The Morgan fingerprint density at radius 1 is 1.14 bits per heavy atom. The van der Waals surface area contributed by atoms with Gasteiger partial charge in [-0.25, -0.2) is 0 Å². The van der Waals surface area contributed by atoms with Crippen LogP contribution in [0.3, 0.4) is 0 Å². The van der Waals surface area contributed by atoms with Gasteiger partial charge < -0.3 is 0 Å². The molecule has 2 heteroatoms. The smallest absolute Gasteiger partial charge is 0.147 e. The summed E-state index contributed by atoms with van der Waals surface area (Å²) in [5.74, 6) is 1.50. The van der Waals surface area contributed by atoms with E-state index in [1.807, 2.05) is 0 Å². The van der Waals surface area contributed by atoms with E-state index in [9.17, 15) is 0 Å². The van der Waals surface area contributed by atoms with E-state index in [1.54, 1.807) is 0 Å². The largest absolute Gasteiger partial charge is 0.418 e. The lowest BCUT2D eigenvalue weighted by molar-refractivity contribution is -0.845. The quantitative estimate of drug-likeness (QED) is 0.597. The van der Waals surface area contributed by atoms with Crippen molar-refractivity contribution < 1.29 is 9.13 Å². The van der Waals surface area contributed by atoms with E-state index < -0.39 is 0 Å². The molecule has 0 bridgehead atoms. The van der Waals surface area contributed by atoms with Crippen molar-refractivity contribution >= 4 is 0 Å². The standard InChI is InChI=1S/C12H20N2/c1-11(2)14-10-6-9-13-8-5-3-4-7-12(13)14/h6,9-11H,3-5,7-8H2,1-2H3/q+2. The monoisotopic (exact) mass is 192 g/mol. The van der Waals surface area contributed by atoms with Gasteiger partial charge in [0.2, 0.25) is 0 Å². The minimum Gasteiger partial charge on any atom is -0.147 e. The molecule has 0 aliphatic carbocycles. The highest BCUT2D eigenvalue weighted by Crippen LogP contribution is 2.06. The topological polar surface area (TPSA) is 7.76 Å². The molecule has 0 aromatic carbocycles. The maximum Gasteiger partial charge on any atom is 0.418 e. The molecule has 0 fully saturated rings. The third-order valence-corrected chi connectivity index (χ3v) is 3.00. The predicted molar refractivity (Wildman–Crippen MR) is 54.8 cm³/mol. The Hall–Kier alpha value is -0.920. The highest BCUT2D eigenvalue weighted by molar-refractivity contribution is 4.73. The number of fused-ring (bicyclic) bond motifs is 1. The van der Waals surface area contributed by atoms with Crippen molar-refractivity contribution in [3.8, 4) is 0 Å². The number of nitrogens with zero attached hydrogens (tertiary/aromatic N) is 2. The van der Waals surface area contributed by atoms with Crippen LogP contribution >= 0.6 is 0 Å². The van der Waals surface area contributed by atoms with Gasteiger partial charge in [-0.3, -0.25) is 0 Å². The molecule has 0 amide bonds. The lowest BCUT2D eigenvalue weighted by atomic mass is 10.2. The second-order valence-corrected chi connectivity index (χ2v) is 4.41. The minimum absolute atomic E-state index is 0.579. The Morgan fingerprint density at radius 3 is 2.79 bits per heavy atom. The summed E-state index contributed by atoms with van der Waals surface area (Å²) >= 11 is 0. The van der Waals surface area contributed by atoms with Gasteiger partial charge in [-0.05, 0) is 26.7 Å². The van der Waals surface area contributed by atoms with Crippen molar-refractivity contribution in [2.45, 2.75) is 52.1 Å². The fourth-order valence-electron chi connectivity index (χ4n) is 2.24. The van der Waals surface area contributed by atoms with Crippen LogP contribution in [0.2, 0.25) is 0 Å². The van der Waals surface area contributed by atoms with E-state index in [-0.39, 0.29) is 0 Å². The summed E-state index contributed by atoms with van der Waals surface area (Å²) in [6.07, 6.45) is 9.72. The van der Waals surface area contributed by atoms with Gasteiger partial charge in [-0.1, -0.05) is 0 Å². The summed E-state index contributed by atoms with van der Waals surface area (Å²) in [7, 11) is 0. The number of hydrogen-bond acceptors (Lipinski definition) is 0. The van der Waals surface area contributed by atoms with Crippen LogP contribution in [0.5, 0.6) is 0 Å². The molecule has 0 N–H and O–H groups in total. The zero-order valence-corrected chi connectivity index (χ0v) is 9.24. The van der Waals surface area contributed by atoms with Crippen LogP contribution in [-0.2, 0) is 13.0 Å². The number of rotatable bonds is 1. The van der Waals surface area contributed by atoms with Crippen LogP contribution < -0.4 is 9.13 Å². The second-order valence-electron chi connectivity index (χ2n) is 4.41. The zero-order chi connectivity index (χ0) is 9.97. The molecule has 2 heterocycles. The molecule has 1 aromatic heterocycles. The van der Waals surface area contributed by atoms with Crippen molar-refractivity contribution in [1.29, 1.82) is 0 Å². The van der Waals surface area contributed by atoms with Crippen molar-refractivity contribution in [3.05, 3.63) is 24.3 Å². The van der Waals surface area contributed by atoms with Gasteiger partial charge in [0.25, 0.3) is 0 Å². The Morgan fingerprint density at radius 2 is 2.00 bits per heavy atom. The fraction of sp³-hybridized carbons (Fsp3) is 0.667. The lowest BCUT2D eigenvalue weighted by Gasteiger charge is -2.03. The normalized spacial score (nSPS) is 16.5. The van der Waals surface area contributed by atoms with Gasteiger partial charge in [0.05, 0.1) is 12.5 Å². The molecule has 0 saturated carbocycles. The summed E-state index contributed by atoms with van der Waals surface area (Å²) in [5, 5.41) is 0. The van der Waals surface area contributed by atoms with Gasteiger partial charge in [0.15, 0.2) is 25.0 Å². The number of aryl methyl sites for hydroxylation is 1. The van der Waals surface area contributed by atoms with Crippen molar-refractivity contribution in [2.75, 3.05) is 0 Å². The predicted octanol–water partition coefficient (Wildman–Crippen LogP) is 1.57. The Labute approximate surface area is 86.2 Å². The molecule has 76 valence electrons. The van der Waals surface area contributed by atoms with E-state index in [0.29, 0.717) is 6.04 Å². The molecule has 0 unspecified atom stereocenters. The van der Waals surface area contributed by atoms with Crippen molar-refractivity contribution in [1.82, 2.24) is 0 Å². The third-order valence-electron chi connectivity index (χ3n) is 3.00. The molecule has 0 radical (unpaired) electrons. The van der Waals surface area contributed by atoms with Crippen molar-refractivity contribution in [3.63, 3.8) is 0 Å². The summed E-state index contributed by atoms with van der Waals surface area (Å²) < 4.78 is 4.83. The molecule has 2 nitrogen and oxygen atoms in total. The molecule has 0 saturated heterocycles. The Balaban J connectivity index is 2.42. The van der Waals surface area contributed by atoms with Crippen LogP contribution in [0.1, 0.15) is 45.0 Å². The Kier molecular flexibility index (Phi) is 2.80. The van der Waals surface area contributed by atoms with E-state index >= 15 is 0 Å². The molecule has 1 aromatic rings. The van der Waals surface area contributed by atoms with Gasteiger partial charge in [0, 0.05) is 6.42 Å². The molecule has 1 aliphatic heterocycles. The minimum atomic E-state index is 0.579. The molecule has 1 aliphatic rings. The lowest BCUT2D eigenvalue weighted by Crippen LogP contribution is -2.53. The van der Waals surface area contributed by atoms with Crippen LogP contribution in [0.15, 0.2) is 18.5 Å². The van der Waals surface area contributed by atoms with Gasteiger partial charge in [-0.2, -0.15) is 0 Å². The van der Waals surface area contributed by atoms with E-state index in [0.717, 1.165) is 0 Å². The van der Waals surface area contributed by atoms with Gasteiger partial charge >= 0.3 is 5.82 Å². The molecule has 2 rings (SSSR count). The summed E-state index contributed by atoms with van der Waals surface area (Å²) in [4.78, 5) is 0. The summed E-state index contributed by atoms with van der Waals surface area (Å²) in [6, 6.07) is 2.74. The van der Waals surface area contributed by atoms with Crippen molar-refractivity contribution in [2.24, 2.45) is 0 Å². The van der Waals surface area contributed by atoms with Gasteiger partial charge in [-0.15, -0.1) is 9.13 Å². The van der Waals surface area contributed by atoms with Crippen LogP contribution in [0, 0.1) is 0 Å².